The van der Waals surface area contributed by atoms with E-state index in [1.807, 2.05) is 6.08 Å². The number of unbranched alkanes of at least 4 members (excludes halogenated alkanes) is 49. The second kappa shape index (κ2) is 65.6. The standard InChI is InChI=1S/C70H133NO5/c1-3-5-7-9-11-13-15-17-39-42-46-50-54-58-62-68(73)67(66-72)71-69(74)63-59-55-51-47-43-40-36-34-32-30-28-26-24-22-20-18-19-21-23-25-27-29-31-33-35-37-41-45-49-53-57-61-65-76-70(75)64-60-56-52-48-44-38-16-14-12-10-8-6-4-2/h14,16,21,23,58,62,67-68,72-73H,3-13,15,17-20,22,24-57,59-61,63-66H2,1-2H3,(H,71,74)/b16-14-,23-21-,62-58+. The molecule has 2 unspecified atom stereocenters. The fraction of sp³-hybridized carbons (Fsp3) is 0.886. The molecule has 0 aromatic heterocycles. The van der Waals surface area contributed by atoms with E-state index >= 15 is 0 Å². The molecule has 0 fully saturated rings. The van der Waals surface area contributed by atoms with Gasteiger partial charge in [0, 0.05) is 12.8 Å². The molecular formula is C70H133NO5. The van der Waals surface area contributed by atoms with Crippen LogP contribution in [0.15, 0.2) is 36.5 Å². The van der Waals surface area contributed by atoms with Crippen LogP contribution in [0.1, 0.15) is 373 Å². The van der Waals surface area contributed by atoms with Gasteiger partial charge in [0.2, 0.25) is 5.91 Å². The highest BCUT2D eigenvalue weighted by Gasteiger charge is 2.18. The van der Waals surface area contributed by atoms with Gasteiger partial charge >= 0.3 is 5.97 Å². The zero-order valence-corrected chi connectivity index (χ0v) is 51.3. The molecule has 0 bridgehead atoms. The maximum atomic E-state index is 12.5. The SMILES string of the molecule is CCCCCC/C=C\CCCCCCCC(=O)OCCCCCCCCCCCCCC/C=C\CCCCCCCCCCCCCCCCCCC(=O)NC(CO)C(O)/C=C/CCCCCCCCCCCCCC. The number of hydrogen-bond acceptors (Lipinski definition) is 5. The summed E-state index contributed by atoms with van der Waals surface area (Å²) >= 11 is 0. The van der Waals surface area contributed by atoms with Crippen LogP contribution in [0.5, 0.6) is 0 Å². The van der Waals surface area contributed by atoms with Crippen LogP contribution in [0.4, 0.5) is 0 Å². The van der Waals surface area contributed by atoms with E-state index in [-0.39, 0.29) is 18.5 Å². The summed E-state index contributed by atoms with van der Waals surface area (Å²) in [6.45, 7) is 4.91. The van der Waals surface area contributed by atoms with Gasteiger partial charge in [0.15, 0.2) is 0 Å². The highest BCUT2D eigenvalue weighted by Crippen LogP contribution is 2.18. The molecule has 3 N–H and O–H groups in total. The van der Waals surface area contributed by atoms with Crippen molar-refractivity contribution < 1.29 is 24.5 Å². The summed E-state index contributed by atoms with van der Waals surface area (Å²) in [6.07, 6.45) is 83.7. The van der Waals surface area contributed by atoms with Gasteiger partial charge in [0.1, 0.15) is 0 Å². The van der Waals surface area contributed by atoms with Crippen LogP contribution in [0.25, 0.3) is 0 Å². The Balaban J connectivity index is 3.36. The molecule has 0 saturated carbocycles. The molecule has 6 nitrogen and oxygen atoms in total. The van der Waals surface area contributed by atoms with Crippen LogP contribution in [0.2, 0.25) is 0 Å². The number of aliphatic hydroxyl groups is 2. The van der Waals surface area contributed by atoms with E-state index in [1.165, 1.54) is 302 Å². The van der Waals surface area contributed by atoms with Gasteiger partial charge in [0.25, 0.3) is 0 Å². The molecule has 2 atom stereocenters. The number of ether oxygens (including phenoxy) is 1. The number of hydrogen-bond donors (Lipinski definition) is 3. The van der Waals surface area contributed by atoms with Crippen molar-refractivity contribution in [1.29, 1.82) is 0 Å². The van der Waals surface area contributed by atoms with Crippen molar-refractivity contribution in [2.45, 2.75) is 386 Å². The van der Waals surface area contributed by atoms with Gasteiger partial charge in [-0.05, 0) is 83.5 Å². The summed E-state index contributed by atoms with van der Waals surface area (Å²) in [4.78, 5) is 24.5. The number of amides is 1. The first-order chi connectivity index (χ1) is 37.5. The van der Waals surface area contributed by atoms with E-state index in [2.05, 4.69) is 43.5 Å². The lowest BCUT2D eigenvalue weighted by molar-refractivity contribution is -0.143. The van der Waals surface area contributed by atoms with Gasteiger partial charge in [-0.3, -0.25) is 9.59 Å². The van der Waals surface area contributed by atoms with E-state index in [4.69, 9.17) is 4.74 Å². The molecule has 76 heavy (non-hydrogen) atoms. The van der Waals surface area contributed by atoms with Gasteiger partial charge < -0.3 is 20.3 Å². The number of esters is 1. The van der Waals surface area contributed by atoms with Crippen LogP contribution in [0, 0.1) is 0 Å². The fourth-order valence-corrected chi connectivity index (χ4v) is 10.6. The summed E-state index contributed by atoms with van der Waals surface area (Å²) < 4.78 is 5.48. The first-order valence-electron chi connectivity index (χ1n) is 34.3. The average molecular weight is 1070 g/mol. The van der Waals surface area contributed by atoms with Crippen LogP contribution < -0.4 is 5.32 Å². The van der Waals surface area contributed by atoms with Gasteiger partial charge in [-0.2, -0.15) is 0 Å². The molecule has 0 heterocycles. The Morgan fingerprint density at radius 3 is 0.947 bits per heavy atom. The molecule has 0 aliphatic rings. The third kappa shape index (κ3) is 61.3. The second-order valence-electron chi connectivity index (χ2n) is 23.5. The fourth-order valence-electron chi connectivity index (χ4n) is 10.6. The average Bonchev–Trinajstić information content (AvgIpc) is 3.42. The Hall–Kier alpha value is -1.92. The Morgan fingerprint density at radius 1 is 0.355 bits per heavy atom. The predicted octanol–water partition coefficient (Wildman–Crippen LogP) is 21.9. The lowest BCUT2D eigenvalue weighted by Gasteiger charge is -2.20. The summed E-state index contributed by atoms with van der Waals surface area (Å²) in [7, 11) is 0. The highest BCUT2D eigenvalue weighted by molar-refractivity contribution is 5.76. The lowest BCUT2D eigenvalue weighted by atomic mass is 10.0. The van der Waals surface area contributed by atoms with E-state index < -0.39 is 12.1 Å². The van der Waals surface area contributed by atoms with Crippen molar-refractivity contribution in [1.82, 2.24) is 5.32 Å². The number of rotatable bonds is 64. The largest absolute Gasteiger partial charge is 0.466 e. The number of allylic oxidation sites excluding steroid dienone is 5. The highest BCUT2D eigenvalue weighted by atomic mass is 16.5. The molecule has 0 rings (SSSR count). The van der Waals surface area contributed by atoms with Crippen molar-refractivity contribution in [3.05, 3.63) is 36.5 Å². The Bertz CT molecular complexity index is 1230. The Kier molecular flexibility index (Phi) is 63.9. The smallest absolute Gasteiger partial charge is 0.305 e. The zero-order valence-electron chi connectivity index (χ0n) is 51.3. The summed E-state index contributed by atoms with van der Waals surface area (Å²) in [5.41, 5.74) is 0. The third-order valence-corrected chi connectivity index (χ3v) is 15.9. The molecule has 448 valence electrons. The first kappa shape index (κ1) is 74.1. The predicted molar refractivity (Wildman–Crippen MR) is 333 cm³/mol. The summed E-state index contributed by atoms with van der Waals surface area (Å²) in [5, 5.41) is 23.1. The van der Waals surface area contributed by atoms with Crippen LogP contribution in [0.3, 0.4) is 0 Å². The van der Waals surface area contributed by atoms with Crippen molar-refractivity contribution in [2.24, 2.45) is 0 Å². The number of carbonyl (C=O) groups excluding carboxylic acids is 2. The van der Waals surface area contributed by atoms with Crippen molar-refractivity contribution in [3.63, 3.8) is 0 Å². The molecule has 0 aromatic carbocycles. The maximum Gasteiger partial charge on any atom is 0.305 e. The molecule has 0 aliphatic heterocycles. The maximum absolute atomic E-state index is 12.5. The quantitative estimate of drug-likeness (QED) is 0.0320. The van der Waals surface area contributed by atoms with E-state index in [0.29, 0.717) is 19.4 Å². The van der Waals surface area contributed by atoms with Crippen LogP contribution in [-0.2, 0) is 14.3 Å². The molecular weight excluding hydrogens is 935 g/mol. The molecule has 0 radical (unpaired) electrons. The first-order valence-corrected chi connectivity index (χ1v) is 34.3. The van der Waals surface area contributed by atoms with Crippen molar-refractivity contribution in [2.75, 3.05) is 13.2 Å². The molecule has 1 amide bonds. The molecule has 0 saturated heterocycles. The molecule has 0 aliphatic carbocycles. The van der Waals surface area contributed by atoms with Crippen molar-refractivity contribution >= 4 is 11.9 Å². The van der Waals surface area contributed by atoms with Gasteiger partial charge in [-0.15, -0.1) is 0 Å². The molecule has 0 aromatic rings. The van der Waals surface area contributed by atoms with Crippen LogP contribution >= 0.6 is 0 Å². The van der Waals surface area contributed by atoms with Gasteiger partial charge in [0.05, 0.1) is 25.4 Å². The second-order valence-corrected chi connectivity index (χ2v) is 23.5. The molecule has 6 heteroatoms. The Labute approximate surface area is 474 Å². The minimum atomic E-state index is -0.842. The topological polar surface area (TPSA) is 95.9 Å². The number of aliphatic hydroxyl groups excluding tert-OH is 2. The van der Waals surface area contributed by atoms with Gasteiger partial charge in [-0.25, -0.2) is 0 Å². The van der Waals surface area contributed by atoms with Gasteiger partial charge in [-0.1, -0.05) is 314 Å². The zero-order chi connectivity index (χ0) is 55.0. The summed E-state index contributed by atoms with van der Waals surface area (Å²) in [6, 6.07) is -0.625. The van der Waals surface area contributed by atoms with E-state index in [1.54, 1.807) is 6.08 Å². The number of nitrogens with one attached hydrogen (secondary N) is 1. The van der Waals surface area contributed by atoms with E-state index in [0.717, 1.165) is 44.9 Å². The number of carbonyl (C=O) groups is 2. The minimum Gasteiger partial charge on any atom is -0.466 e. The third-order valence-electron chi connectivity index (χ3n) is 15.9. The Morgan fingerprint density at radius 2 is 0.618 bits per heavy atom. The monoisotopic (exact) mass is 1070 g/mol. The lowest BCUT2D eigenvalue weighted by Crippen LogP contribution is -2.45. The van der Waals surface area contributed by atoms with Crippen LogP contribution in [-0.4, -0.2) is 47.4 Å². The molecule has 0 spiro atoms. The van der Waals surface area contributed by atoms with Crippen molar-refractivity contribution in [3.8, 4) is 0 Å². The van der Waals surface area contributed by atoms with E-state index in [9.17, 15) is 19.8 Å². The normalized spacial score (nSPS) is 12.7. The summed E-state index contributed by atoms with van der Waals surface area (Å²) in [5.74, 6) is -0.0551. The minimum absolute atomic E-state index is 0.00878.